The Bertz CT molecular complexity index is 1060. The molecule has 29 heavy (non-hydrogen) atoms. The van der Waals surface area contributed by atoms with Crippen LogP contribution < -0.4 is 0 Å². The summed E-state index contributed by atoms with van der Waals surface area (Å²) in [6.07, 6.45) is -7.58. The summed E-state index contributed by atoms with van der Waals surface area (Å²) >= 11 is 0. The molecule has 9 heteroatoms. The molecule has 0 N–H and O–H groups in total. The molecular formula is C20H15F6N3. The Labute approximate surface area is 162 Å². The standard InChI is InChI=1S/C20H15F6N3/c21-19(22,23)15-3-1-2-12(6-15)10-29-5-4-17-14(11-29)7-13-8-16(20(24,25)26)9-27-18(13)28-17/h1-3,6-9H,4-5,10-11H2. The highest BCUT2D eigenvalue weighted by Gasteiger charge is 2.32. The molecule has 1 aliphatic rings. The molecule has 2 aromatic heterocycles. The highest BCUT2D eigenvalue weighted by Crippen LogP contribution is 2.32. The van der Waals surface area contributed by atoms with Gasteiger partial charge in [-0.15, -0.1) is 0 Å². The second-order valence-corrected chi connectivity index (χ2v) is 7.02. The van der Waals surface area contributed by atoms with Crippen LogP contribution in [-0.4, -0.2) is 21.4 Å². The molecular weight excluding hydrogens is 396 g/mol. The lowest BCUT2D eigenvalue weighted by Gasteiger charge is -2.28. The molecule has 0 radical (unpaired) electrons. The topological polar surface area (TPSA) is 29.0 Å². The van der Waals surface area contributed by atoms with Crippen molar-refractivity contribution >= 4 is 11.0 Å². The van der Waals surface area contributed by atoms with E-state index in [1.807, 2.05) is 4.90 Å². The van der Waals surface area contributed by atoms with Crippen molar-refractivity contribution in [2.45, 2.75) is 31.9 Å². The van der Waals surface area contributed by atoms with Crippen LogP contribution in [0.3, 0.4) is 0 Å². The van der Waals surface area contributed by atoms with Crippen molar-refractivity contribution < 1.29 is 26.3 Å². The number of hydrogen-bond acceptors (Lipinski definition) is 3. The van der Waals surface area contributed by atoms with E-state index in [4.69, 9.17) is 0 Å². The predicted octanol–water partition coefficient (Wildman–Crippen LogP) is 5.23. The van der Waals surface area contributed by atoms with Crippen molar-refractivity contribution in [1.82, 2.24) is 14.9 Å². The first kappa shape index (κ1) is 19.6. The van der Waals surface area contributed by atoms with Crippen LogP contribution in [0.5, 0.6) is 0 Å². The summed E-state index contributed by atoms with van der Waals surface area (Å²) in [5, 5.41) is 0.291. The third-order valence-electron chi connectivity index (χ3n) is 4.88. The quantitative estimate of drug-likeness (QED) is 0.541. The van der Waals surface area contributed by atoms with E-state index in [2.05, 4.69) is 9.97 Å². The monoisotopic (exact) mass is 411 g/mol. The third-order valence-corrected chi connectivity index (χ3v) is 4.88. The van der Waals surface area contributed by atoms with Crippen LogP contribution in [0.25, 0.3) is 11.0 Å². The molecule has 3 heterocycles. The minimum atomic E-state index is -4.49. The lowest BCUT2D eigenvalue weighted by molar-refractivity contribution is -0.138. The molecule has 0 aliphatic carbocycles. The van der Waals surface area contributed by atoms with Gasteiger partial charge in [0.05, 0.1) is 11.1 Å². The summed E-state index contributed by atoms with van der Waals surface area (Å²) in [5.41, 5.74) is 0.747. The van der Waals surface area contributed by atoms with Gasteiger partial charge in [-0.25, -0.2) is 9.97 Å². The second-order valence-electron chi connectivity index (χ2n) is 7.02. The Hall–Kier alpha value is -2.68. The van der Waals surface area contributed by atoms with E-state index in [9.17, 15) is 26.3 Å². The number of alkyl halides is 6. The van der Waals surface area contributed by atoms with Crippen LogP contribution in [-0.2, 0) is 31.9 Å². The Morgan fingerprint density at radius 2 is 1.69 bits per heavy atom. The summed E-state index contributed by atoms with van der Waals surface area (Å²) in [6.45, 7) is 1.29. The molecule has 0 fully saturated rings. The zero-order valence-electron chi connectivity index (χ0n) is 15.0. The third kappa shape index (κ3) is 4.19. The number of rotatable bonds is 2. The number of benzene rings is 1. The summed E-state index contributed by atoms with van der Waals surface area (Å²) in [6, 6.07) is 7.79. The van der Waals surface area contributed by atoms with Gasteiger partial charge in [0.25, 0.3) is 0 Å². The number of pyridine rings is 2. The Morgan fingerprint density at radius 1 is 0.931 bits per heavy atom. The minimum absolute atomic E-state index is 0.253. The molecule has 0 atom stereocenters. The maximum Gasteiger partial charge on any atom is 0.417 e. The number of fused-ring (bicyclic) bond motifs is 2. The molecule has 0 saturated heterocycles. The second kappa shape index (κ2) is 6.98. The van der Waals surface area contributed by atoms with Crippen LogP contribution in [0.15, 0.2) is 42.6 Å². The van der Waals surface area contributed by atoms with Gasteiger partial charge < -0.3 is 0 Å². The number of hydrogen-bond donors (Lipinski definition) is 0. The summed E-state index contributed by atoms with van der Waals surface area (Å²) < 4.78 is 77.5. The van der Waals surface area contributed by atoms with Gasteiger partial charge in [-0.2, -0.15) is 26.3 Å². The van der Waals surface area contributed by atoms with Crippen molar-refractivity contribution in [3.05, 3.63) is 70.5 Å². The van der Waals surface area contributed by atoms with Gasteiger partial charge in [0.2, 0.25) is 0 Å². The van der Waals surface area contributed by atoms with Gasteiger partial charge >= 0.3 is 12.4 Å². The Balaban J connectivity index is 1.58. The van der Waals surface area contributed by atoms with E-state index in [1.54, 1.807) is 12.1 Å². The largest absolute Gasteiger partial charge is 0.417 e. The smallest absolute Gasteiger partial charge is 0.294 e. The van der Waals surface area contributed by atoms with Gasteiger partial charge in [-0.3, -0.25) is 4.90 Å². The molecule has 0 unspecified atom stereocenters. The fourth-order valence-corrected chi connectivity index (χ4v) is 3.48. The molecule has 152 valence electrons. The fraction of sp³-hybridized carbons (Fsp3) is 0.300. The first-order valence-electron chi connectivity index (χ1n) is 8.84. The lowest BCUT2D eigenvalue weighted by Crippen LogP contribution is -2.30. The normalized spacial score (nSPS) is 15.5. The lowest BCUT2D eigenvalue weighted by atomic mass is 10.0. The van der Waals surface area contributed by atoms with Crippen molar-refractivity contribution in [1.29, 1.82) is 0 Å². The van der Waals surface area contributed by atoms with Crippen LogP contribution in [0.2, 0.25) is 0 Å². The van der Waals surface area contributed by atoms with Crippen molar-refractivity contribution in [3.63, 3.8) is 0 Å². The van der Waals surface area contributed by atoms with Gasteiger partial charge in [-0.05, 0) is 29.3 Å². The maximum absolute atomic E-state index is 12.9. The highest BCUT2D eigenvalue weighted by molar-refractivity contribution is 5.76. The molecule has 1 aromatic carbocycles. The summed E-state index contributed by atoms with van der Waals surface area (Å²) in [5.74, 6) is 0. The van der Waals surface area contributed by atoms with Gasteiger partial charge in [0, 0.05) is 43.3 Å². The van der Waals surface area contributed by atoms with E-state index < -0.39 is 23.5 Å². The van der Waals surface area contributed by atoms with E-state index in [0.29, 0.717) is 37.0 Å². The van der Waals surface area contributed by atoms with Gasteiger partial charge in [-0.1, -0.05) is 18.2 Å². The van der Waals surface area contributed by atoms with E-state index in [0.717, 1.165) is 35.7 Å². The zero-order chi connectivity index (χ0) is 20.8. The van der Waals surface area contributed by atoms with Crippen LogP contribution in [0, 0.1) is 0 Å². The van der Waals surface area contributed by atoms with E-state index in [1.165, 1.54) is 6.07 Å². The molecule has 0 spiro atoms. The van der Waals surface area contributed by atoms with Crippen LogP contribution in [0.1, 0.15) is 27.9 Å². The van der Waals surface area contributed by atoms with Crippen molar-refractivity contribution in [2.75, 3.05) is 6.54 Å². The molecule has 0 bridgehead atoms. The van der Waals surface area contributed by atoms with Gasteiger partial charge in [0.1, 0.15) is 0 Å². The number of nitrogens with zero attached hydrogens (tertiary/aromatic N) is 3. The average molecular weight is 411 g/mol. The Kier molecular flexibility index (Phi) is 4.72. The summed E-state index contributed by atoms with van der Waals surface area (Å²) in [4.78, 5) is 10.1. The van der Waals surface area contributed by atoms with Crippen molar-refractivity contribution in [3.8, 4) is 0 Å². The van der Waals surface area contributed by atoms with E-state index >= 15 is 0 Å². The zero-order valence-corrected chi connectivity index (χ0v) is 15.0. The molecule has 4 rings (SSSR count). The molecule has 1 aliphatic heterocycles. The molecule has 3 aromatic rings. The predicted molar refractivity (Wildman–Crippen MR) is 93.8 cm³/mol. The molecule has 0 amide bonds. The molecule has 0 saturated carbocycles. The SMILES string of the molecule is FC(F)(F)c1cccc(CN2CCc3nc4ncc(C(F)(F)F)cc4cc3C2)c1. The average Bonchev–Trinajstić information content (AvgIpc) is 2.65. The maximum atomic E-state index is 12.9. The molecule has 3 nitrogen and oxygen atoms in total. The fourth-order valence-electron chi connectivity index (χ4n) is 3.48. The van der Waals surface area contributed by atoms with Crippen LogP contribution in [0.4, 0.5) is 26.3 Å². The first-order valence-corrected chi connectivity index (χ1v) is 8.84. The van der Waals surface area contributed by atoms with E-state index in [-0.39, 0.29) is 5.65 Å². The number of aromatic nitrogens is 2. The Morgan fingerprint density at radius 3 is 2.41 bits per heavy atom. The summed E-state index contributed by atoms with van der Waals surface area (Å²) in [7, 11) is 0. The first-order chi connectivity index (χ1) is 13.6. The van der Waals surface area contributed by atoms with Crippen LogP contribution >= 0.6 is 0 Å². The minimum Gasteiger partial charge on any atom is -0.294 e. The number of halogens is 6. The van der Waals surface area contributed by atoms with Gasteiger partial charge in [0.15, 0.2) is 5.65 Å². The highest BCUT2D eigenvalue weighted by atomic mass is 19.4. The van der Waals surface area contributed by atoms with Crippen molar-refractivity contribution in [2.24, 2.45) is 0 Å².